The molecule has 1 amide bonds. The van der Waals surface area contributed by atoms with Gasteiger partial charge in [-0.1, -0.05) is 20.8 Å². The Labute approximate surface area is 183 Å². The van der Waals surface area contributed by atoms with Gasteiger partial charge in [-0.3, -0.25) is 14.4 Å². The number of pyridine rings is 1. The molecular weight excluding hydrogens is 392 g/mol. The van der Waals surface area contributed by atoms with E-state index in [1.807, 2.05) is 38.1 Å². The summed E-state index contributed by atoms with van der Waals surface area (Å²) in [6.45, 7) is 14.0. The van der Waals surface area contributed by atoms with E-state index in [-0.39, 0.29) is 11.3 Å². The van der Waals surface area contributed by atoms with Gasteiger partial charge in [-0.05, 0) is 26.3 Å². The van der Waals surface area contributed by atoms with Gasteiger partial charge in [0.15, 0.2) is 5.65 Å². The first kappa shape index (κ1) is 21.5. The highest BCUT2D eigenvalue weighted by atomic mass is 16.4. The Kier molecular flexibility index (Phi) is 5.60. The number of hydrogen-bond acceptors (Lipinski definition) is 6. The number of aromatic nitrogens is 4. The molecule has 8 heteroatoms. The van der Waals surface area contributed by atoms with Crippen molar-refractivity contribution in [3.8, 4) is 0 Å². The molecule has 166 valence electrons. The van der Waals surface area contributed by atoms with Gasteiger partial charge in [0.05, 0.1) is 29.4 Å². The van der Waals surface area contributed by atoms with Gasteiger partial charge < -0.3 is 9.32 Å². The van der Waals surface area contributed by atoms with Gasteiger partial charge in [-0.2, -0.15) is 5.10 Å². The average Bonchev–Trinajstić information content (AvgIpc) is 3.19. The van der Waals surface area contributed by atoms with Crippen molar-refractivity contribution in [3.63, 3.8) is 0 Å². The minimum atomic E-state index is -0.0499. The molecule has 0 bridgehead atoms. The number of amides is 1. The molecule has 1 aliphatic heterocycles. The van der Waals surface area contributed by atoms with Crippen molar-refractivity contribution in [1.82, 2.24) is 29.5 Å². The van der Waals surface area contributed by atoms with Crippen molar-refractivity contribution < 1.29 is 9.21 Å². The molecule has 31 heavy (non-hydrogen) atoms. The summed E-state index contributed by atoms with van der Waals surface area (Å²) in [4.78, 5) is 26.8. The lowest BCUT2D eigenvalue weighted by atomic mass is 9.94. The first-order chi connectivity index (χ1) is 14.6. The number of rotatable bonds is 3. The normalized spacial score (nSPS) is 16.1. The van der Waals surface area contributed by atoms with Crippen LogP contribution in [0, 0.1) is 13.8 Å². The molecule has 0 saturated carbocycles. The summed E-state index contributed by atoms with van der Waals surface area (Å²) in [6, 6.07) is 1.89. The van der Waals surface area contributed by atoms with Crippen molar-refractivity contribution in [1.29, 1.82) is 0 Å². The van der Waals surface area contributed by atoms with E-state index in [4.69, 9.17) is 4.42 Å². The fraction of sp³-hybridized carbons (Fsp3) is 0.565. The maximum Gasteiger partial charge on any atom is 0.254 e. The highest BCUT2D eigenvalue weighted by Crippen LogP contribution is 2.25. The zero-order valence-corrected chi connectivity index (χ0v) is 19.4. The fourth-order valence-corrected chi connectivity index (χ4v) is 4.16. The quantitative estimate of drug-likeness (QED) is 0.642. The summed E-state index contributed by atoms with van der Waals surface area (Å²) >= 11 is 0. The van der Waals surface area contributed by atoms with Gasteiger partial charge in [-0.25, -0.2) is 9.97 Å². The van der Waals surface area contributed by atoms with E-state index in [0.717, 1.165) is 60.1 Å². The van der Waals surface area contributed by atoms with Crippen LogP contribution in [0.2, 0.25) is 0 Å². The minimum absolute atomic E-state index is 0.0499. The van der Waals surface area contributed by atoms with Gasteiger partial charge in [0.25, 0.3) is 5.91 Å². The van der Waals surface area contributed by atoms with Gasteiger partial charge in [0, 0.05) is 44.3 Å². The summed E-state index contributed by atoms with van der Waals surface area (Å²) in [7, 11) is 1.87. The molecule has 1 aliphatic rings. The second kappa shape index (κ2) is 8.07. The Morgan fingerprint density at radius 2 is 1.94 bits per heavy atom. The van der Waals surface area contributed by atoms with E-state index in [2.05, 4.69) is 40.7 Å². The van der Waals surface area contributed by atoms with Crippen LogP contribution in [0.3, 0.4) is 0 Å². The smallest absolute Gasteiger partial charge is 0.254 e. The topological polar surface area (TPSA) is 80.3 Å². The number of carbonyl (C=O) groups excluding carboxylic acids is 1. The van der Waals surface area contributed by atoms with Crippen LogP contribution < -0.4 is 0 Å². The van der Waals surface area contributed by atoms with Crippen LogP contribution in [0.25, 0.3) is 11.0 Å². The molecule has 0 spiro atoms. The lowest BCUT2D eigenvalue weighted by Crippen LogP contribution is -2.35. The fourth-order valence-electron chi connectivity index (χ4n) is 4.16. The Morgan fingerprint density at radius 1 is 1.16 bits per heavy atom. The van der Waals surface area contributed by atoms with Crippen LogP contribution in [-0.4, -0.2) is 61.6 Å². The minimum Gasteiger partial charge on any atom is -0.444 e. The third-order valence-corrected chi connectivity index (χ3v) is 5.85. The van der Waals surface area contributed by atoms with Crippen LogP contribution in [-0.2, 0) is 19.0 Å². The maximum atomic E-state index is 13.5. The molecule has 3 aromatic rings. The second-order valence-electron chi connectivity index (χ2n) is 9.51. The molecule has 0 radical (unpaired) electrons. The molecule has 1 saturated heterocycles. The van der Waals surface area contributed by atoms with Gasteiger partial charge in [-0.15, -0.1) is 0 Å². The molecule has 0 aliphatic carbocycles. The predicted molar refractivity (Wildman–Crippen MR) is 119 cm³/mol. The molecular formula is C23H32N6O2. The molecule has 0 N–H and O–H groups in total. The molecule has 1 fully saturated rings. The SMILES string of the molecule is Cc1cc(C(=O)N2CCCN(Cc3ncc(C(C)(C)C)o3)CC2)c2c(C)nn(C)c2n1. The van der Waals surface area contributed by atoms with Gasteiger partial charge >= 0.3 is 0 Å². The van der Waals surface area contributed by atoms with Crippen molar-refractivity contribution in [2.45, 2.75) is 53.0 Å². The van der Waals surface area contributed by atoms with Crippen LogP contribution >= 0.6 is 0 Å². The largest absolute Gasteiger partial charge is 0.444 e. The van der Waals surface area contributed by atoms with Crippen LogP contribution in [0.4, 0.5) is 0 Å². The second-order valence-corrected chi connectivity index (χ2v) is 9.51. The summed E-state index contributed by atoms with van der Waals surface area (Å²) in [6.07, 6.45) is 2.74. The molecule has 0 atom stereocenters. The summed E-state index contributed by atoms with van der Waals surface area (Å²) in [5, 5.41) is 5.33. The average molecular weight is 425 g/mol. The standard InChI is InChI=1S/C23H32N6O2/c1-15-12-17(20-16(2)26-27(6)21(20)25-15)22(30)29-9-7-8-28(10-11-29)14-19-24-13-18(31-19)23(3,4)5/h12-13H,7-11,14H2,1-6H3. The van der Waals surface area contributed by atoms with E-state index >= 15 is 0 Å². The molecule has 8 nitrogen and oxygen atoms in total. The molecule has 4 rings (SSSR count). The Hall–Kier alpha value is -2.74. The van der Waals surface area contributed by atoms with Crippen molar-refractivity contribution >= 4 is 16.9 Å². The lowest BCUT2D eigenvalue weighted by molar-refractivity contribution is 0.0762. The first-order valence-electron chi connectivity index (χ1n) is 10.9. The van der Waals surface area contributed by atoms with E-state index in [1.165, 1.54) is 0 Å². The van der Waals surface area contributed by atoms with E-state index in [9.17, 15) is 4.79 Å². The van der Waals surface area contributed by atoms with E-state index < -0.39 is 0 Å². The molecule has 4 heterocycles. The number of oxazole rings is 1. The number of hydrogen-bond donors (Lipinski definition) is 0. The summed E-state index contributed by atoms with van der Waals surface area (Å²) < 4.78 is 7.71. The maximum absolute atomic E-state index is 13.5. The Morgan fingerprint density at radius 3 is 2.65 bits per heavy atom. The Bertz CT molecular complexity index is 1110. The highest BCUT2D eigenvalue weighted by molar-refractivity contribution is 6.06. The van der Waals surface area contributed by atoms with E-state index in [0.29, 0.717) is 18.7 Å². The number of nitrogens with zero attached hydrogens (tertiary/aromatic N) is 6. The van der Waals surface area contributed by atoms with Gasteiger partial charge in [0.2, 0.25) is 5.89 Å². The van der Waals surface area contributed by atoms with Crippen LogP contribution in [0.5, 0.6) is 0 Å². The van der Waals surface area contributed by atoms with Crippen LogP contribution in [0.15, 0.2) is 16.7 Å². The summed E-state index contributed by atoms with van der Waals surface area (Å²) in [5.74, 6) is 1.69. The number of fused-ring (bicyclic) bond motifs is 1. The number of aryl methyl sites for hydroxylation is 3. The predicted octanol–water partition coefficient (Wildman–Crippen LogP) is 3.22. The third kappa shape index (κ3) is 4.35. The van der Waals surface area contributed by atoms with Crippen molar-refractivity contribution in [2.75, 3.05) is 26.2 Å². The number of carbonyl (C=O) groups is 1. The third-order valence-electron chi connectivity index (χ3n) is 5.85. The van der Waals surface area contributed by atoms with Gasteiger partial charge in [0.1, 0.15) is 5.76 Å². The van der Waals surface area contributed by atoms with Crippen molar-refractivity contribution in [2.24, 2.45) is 7.05 Å². The lowest BCUT2D eigenvalue weighted by Gasteiger charge is -2.22. The highest BCUT2D eigenvalue weighted by Gasteiger charge is 2.25. The monoisotopic (exact) mass is 424 g/mol. The zero-order chi connectivity index (χ0) is 22.3. The van der Waals surface area contributed by atoms with Crippen LogP contribution in [0.1, 0.15) is 60.6 Å². The zero-order valence-electron chi connectivity index (χ0n) is 19.4. The molecule has 0 unspecified atom stereocenters. The Balaban J connectivity index is 1.49. The summed E-state index contributed by atoms with van der Waals surface area (Å²) in [5.41, 5.74) is 3.07. The molecule has 3 aromatic heterocycles. The molecule has 0 aromatic carbocycles. The van der Waals surface area contributed by atoms with E-state index in [1.54, 1.807) is 4.68 Å². The first-order valence-corrected chi connectivity index (χ1v) is 10.9. The van der Waals surface area contributed by atoms with Crippen molar-refractivity contribution in [3.05, 3.63) is 40.9 Å².